The maximum Gasteiger partial charge on any atom is 0.335 e. The average Bonchev–Trinajstić information content (AvgIpc) is 2.72. The molecule has 0 aromatic heterocycles. The number of fused-ring (bicyclic) bond motifs is 3. The molecule has 4 atom stereocenters. The van der Waals surface area contributed by atoms with Gasteiger partial charge < -0.3 is 26.0 Å². The number of aromatic carboxylic acids is 1. The van der Waals surface area contributed by atoms with Crippen molar-refractivity contribution in [2.45, 2.75) is 18.9 Å². The number of aliphatic hydroxyl groups excluding tert-OH is 2. The molecule has 1 aromatic carbocycles. The summed E-state index contributed by atoms with van der Waals surface area (Å²) in [7, 11) is 6.87. The van der Waals surface area contributed by atoms with Gasteiger partial charge in [-0.15, -0.1) is 0 Å². The number of likely N-dealkylation sites (N-methyl/N-ethyl adjacent to an activating group) is 1. The highest BCUT2D eigenvalue weighted by Gasteiger charge is 2.55. The lowest BCUT2D eigenvalue weighted by Gasteiger charge is -2.46. The first-order valence-electron chi connectivity index (χ1n) is 10.9. The summed E-state index contributed by atoms with van der Waals surface area (Å²) >= 11 is 0. The van der Waals surface area contributed by atoms with Gasteiger partial charge in [0.25, 0.3) is 5.91 Å². The summed E-state index contributed by atoms with van der Waals surface area (Å²) in [5.41, 5.74) is 6.33. The number of hydrogen-bond acceptors (Lipinski definition) is 8. The number of carboxylic acids is 1. The van der Waals surface area contributed by atoms with Gasteiger partial charge >= 0.3 is 5.97 Å². The largest absolute Gasteiger partial charge is 0.510 e. The van der Waals surface area contributed by atoms with Crippen LogP contribution in [0.15, 0.2) is 29.0 Å². The van der Waals surface area contributed by atoms with Gasteiger partial charge in [-0.1, -0.05) is 0 Å². The molecule has 34 heavy (non-hydrogen) atoms. The second-order valence-electron chi connectivity index (χ2n) is 9.52. The second-order valence-corrected chi connectivity index (χ2v) is 9.52. The van der Waals surface area contributed by atoms with E-state index in [0.29, 0.717) is 24.1 Å². The number of allylic oxidation sites excluding steroid dienone is 1. The quantitative estimate of drug-likeness (QED) is 0.371. The SMILES string of the molecule is CN(C)c1cc(C(=O)O)cc2c1CC1CC3C(C(=O)C(C(N)=O)=C(O)[C@@H]3N(C)C)C(=O)C1=C2O. The first-order chi connectivity index (χ1) is 15.9. The van der Waals surface area contributed by atoms with Crippen LogP contribution in [0.3, 0.4) is 0 Å². The number of Topliss-reactive ketones (excluding diaryl/α,β-unsaturated/α-hetero) is 2. The number of aliphatic hydroxyl groups is 2. The number of ketones is 2. The molecular formula is C24H27N3O7. The van der Waals surface area contributed by atoms with Crippen LogP contribution in [0.25, 0.3) is 5.76 Å². The summed E-state index contributed by atoms with van der Waals surface area (Å²) in [6, 6.07) is 2.07. The topological polar surface area (TPSA) is 161 Å². The summed E-state index contributed by atoms with van der Waals surface area (Å²) in [6.45, 7) is 0. The smallest absolute Gasteiger partial charge is 0.335 e. The molecule has 0 spiro atoms. The lowest BCUT2D eigenvalue weighted by atomic mass is 9.59. The number of benzene rings is 1. The molecule has 10 heteroatoms. The van der Waals surface area contributed by atoms with Crippen LogP contribution in [0.4, 0.5) is 5.69 Å². The average molecular weight is 469 g/mol. The third-order valence-corrected chi connectivity index (χ3v) is 7.13. The predicted octanol–water partition coefficient (Wildman–Crippen LogP) is 0.908. The number of carbonyl (C=O) groups is 4. The Labute approximate surface area is 195 Å². The van der Waals surface area contributed by atoms with Gasteiger partial charge in [0, 0.05) is 30.9 Å². The maximum atomic E-state index is 13.7. The molecule has 180 valence electrons. The molecule has 10 nitrogen and oxygen atoms in total. The number of primary amides is 1. The van der Waals surface area contributed by atoms with Crippen molar-refractivity contribution in [3.8, 4) is 0 Å². The van der Waals surface area contributed by atoms with Crippen molar-refractivity contribution in [2.24, 2.45) is 23.5 Å². The third-order valence-electron chi connectivity index (χ3n) is 7.13. The minimum atomic E-state index is -1.28. The van der Waals surface area contributed by atoms with E-state index in [0.717, 1.165) is 0 Å². The first-order valence-corrected chi connectivity index (χ1v) is 10.9. The summed E-state index contributed by atoms with van der Waals surface area (Å²) in [4.78, 5) is 53.9. The van der Waals surface area contributed by atoms with Gasteiger partial charge in [0.2, 0.25) is 0 Å². The lowest BCUT2D eigenvalue weighted by molar-refractivity contribution is -0.136. The van der Waals surface area contributed by atoms with Crippen LogP contribution in [-0.2, 0) is 20.8 Å². The van der Waals surface area contributed by atoms with Crippen LogP contribution >= 0.6 is 0 Å². The highest BCUT2D eigenvalue weighted by Crippen LogP contribution is 2.50. The summed E-state index contributed by atoms with van der Waals surface area (Å²) in [5, 5.41) is 31.5. The number of nitrogens with zero attached hydrogens (tertiary/aromatic N) is 2. The Hall–Kier alpha value is -3.66. The van der Waals surface area contributed by atoms with Crippen molar-refractivity contribution in [2.75, 3.05) is 33.1 Å². The van der Waals surface area contributed by atoms with E-state index in [1.165, 1.54) is 12.1 Å². The summed E-state index contributed by atoms with van der Waals surface area (Å²) in [5.74, 6) is -6.91. The van der Waals surface area contributed by atoms with Gasteiger partial charge in [0.1, 0.15) is 17.1 Å². The van der Waals surface area contributed by atoms with Gasteiger partial charge in [-0.3, -0.25) is 19.3 Å². The van der Waals surface area contributed by atoms with E-state index in [2.05, 4.69) is 0 Å². The lowest BCUT2D eigenvalue weighted by Crippen LogP contribution is -2.55. The van der Waals surface area contributed by atoms with Crippen molar-refractivity contribution in [1.82, 2.24) is 4.90 Å². The van der Waals surface area contributed by atoms with Crippen LogP contribution in [0, 0.1) is 17.8 Å². The van der Waals surface area contributed by atoms with E-state index in [4.69, 9.17) is 5.73 Å². The van der Waals surface area contributed by atoms with Gasteiger partial charge in [-0.05, 0) is 56.5 Å². The van der Waals surface area contributed by atoms with E-state index in [1.54, 1.807) is 38.0 Å². The summed E-state index contributed by atoms with van der Waals surface area (Å²) in [6.07, 6.45) is 0.645. The Kier molecular flexibility index (Phi) is 5.52. The zero-order valence-corrected chi connectivity index (χ0v) is 19.3. The minimum Gasteiger partial charge on any atom is -0.510 e. The number of nitrogens with two attached hydrogens (primary N) is 1. The molecule has 1 saturated carbocycles. The molecule has 3 aliphatic carbocycles. The van der Waals surface area contributed by atoms with Crippen LogP contribution in [0.2, 0.25) is 0 Å². The Morgan fingerprint density at radius 3 is 2.24 bits per heavy atom. The molecule has 3 unspecified atom stereocenters. The molecule has 4 rings (SSSR count). The number of rotatable bonds is 4. The molecule has 1 aromatic rings. The predicted molar refractivity (Wildman–Crippen MR) is 122 cm³/mol. The Morgan fingerprint density at radius 1 is 1.06 bits per heavy atom. The Balaban J connectivity index is 1.92. The second kappa shape index (κ2) is 7.98. The number of carboxylic acid groups (broad SMARTS) is 1. The number of carbonyl (C=O) groups excluding carboxylic acids is 3. The summed E-state index contributed by atoms with van der Waals surface area (Å²) < 4.78 is 0. The van der Waals surface area contributed by atoms with Gasteiger partial charge in [-0.2, -0.15) is 0 Å². The zero-order chi connectivity index (χ0) is 25.2. The highest BCUT2D eigenvalue weighted by atomic mass is 16.4. The van der Waals surface area contributed by atoms with Crippen molar-refractivity contribution < 1.29 is 34.5 Å². The van der Waals surface area contributed by atoms with Crippen molar-refractivity contribution in [1.29, 1.82) is 0 Å². The maximum absolute atomic E-state index is 13.7. The van der Waals surface area contributed by atoms with Crippen molar-refractivity contribution in [3.05, 3.63) is 45.7 Å². The van der Waals surface area contributed by atoms with Gasteiger partial charge in [0.05, 0.1) is 17.5 Å². The number of hydrogen-bond donors (Lipinski definition) is 4. The molecule has 0 aliphatic heterocycles. The fraction of sp³-hybridized carbons (Fsp3) is 0.417. The van der Waals surface area contributed by atoms with E-state index >= 15 is 0 Å². The molecule has 1 amide bonds. The monoisotopic (exact) mass is 469 g/mol. The van der Waals surface area contributed by atoms with Gasteiger partial charge in [-0.25, -0.2) is 4.79 Å². The Bertz CT molecular complexity index is 1210. The van der Waals surface area contributed by atoms with Gasteiger partial charge in [0.15, 0.2) is 11.6 Å². The highest BCUT2D eigenvalue weighted by molar-refractivity contribution is 6.28. The molecule has 0 heterocycles. The van der Waals surface area contributed by atoms with E-state index in [1.807, 2.05) is 0 Å². The van der Waals surface area contributed by atoms with E-state index < -0.39 is 58.6 Å². The zero-order valence-electron chi connectivity index (χ0n) is 19.3. The van der Waals surface area contributed by atoms with Crippen LogP contribution in [-0.4, -0.2) is 77.9 Å². The third kappa shape index (κ3) is 3.28. The molecule has 0 saturated heterocycles. The molecular weight excluding hydrogens is 442 g/mol. The molecule has 1 fully saturated rings. The fourth-order valence-electron chi connectivity index (χ4n) is 5.77. The normalized spacial score (nSPS) is 26.3. The molecule has 3 aliphatic rings. The van der Waals surface area contributed by atoms with Crippen LogP contribution in [0.5, 0.6) is 0 Å². The van der Waals surface area contributed by atoms with E-state index in [-0.39, 0.29) is 22.5 Å². The number of anilines is 1. The Morgan fingerprint density at radius 2 is 1.71 bits per heavy atom. The minimum absolute atomic E-state index is 0.0422. The molecule has 5 N–H and O–H groups in total. The molecule has 0 radical (unpaired) electrons. The number of amides is 1. The van der Waals surface area contributed by atoms with Crippen LogP contribution < -0.4 is 10.6 Å². The van der Waals surface area contributed by atoms with E-state index in [9.17, 15) is 34.5 Å². The fourth-order valence-corrected chi connectivity index (χ4v) is 5.77. The standard InChI is InChI=1S/C24H27N3O7/c1-26(2)14-8-10(24(33)34)7-12-11(14)5-9-6-13-16(20(29)15(9)19(12)28)21(30)17(23(25)32)22(31)18(13)27(3)4/h7-9,13,16,18,28,31H,5-6H2,1-4H3,(H2,25,32)(H,33,34)/t9?,13?,16?,18-/m1/s1. The van der Waals surface area contributed by atoms with Crippen LogP contribution in [0.1, 0.15) is 27.9 Å². The van der Waals surface area contributed by atoms with Crippen molar-refractivity contribution in [3.63, 3.8) is 0 Å². The molecule has 0 bridgehead atoms. The van der Waals surface area contributed by atoms with Crippen molar-refractivity contribution >= 4 is 34.9 Å². The first kappa shape index (κ1) is 23.5.